The van der Waals surface area contributed by atoms with Crippen molar-refractivity contribution in [2.24, 2.45) is 0 Å². The van der Waals surface area contributed by atoms with Crippen LogP contribution in [0.1, 0.15) is 5.56 Å². The van der Waals surface area contributed by atoms with Gasteiger partial charge >= 0.3 is 0 Å². The number of hydrogen-bond acceptors (Lipinski definition) is 1. The predicted octanol–water partition coefficient (Wildman–Crippen LogP) is 2.59. The third-order valence-electron chi connectivity index (χ3n) is 1.47. The normalized spacial score (nSPS) is 9.67. The van der Waals surface area contributed by atoms with Gasteiger partial charge in [-0.25, -0.2) is 4.85 Å². The Bertz CT molecular complexity index is 323. The van der Waals surface area contributed by atoms with Crippen LogP contribution in [0, 0.1) is 6.57 Å². The van der Waals surface area contributed by atoms with Crippen molar-refractivity contribution in [1.29, 1.82) is 0 Å². The highest BCUT2D eigenvalue weighted by molar-refractivity contribution is 5.57. The maximum atomic E-state index is 6.58. The molecule has 0 atom stereocenters. The number of hydrogen-bond donors (Lipinski definition) is 0. The Morgan fingerprint density at radius 2 is 2.17 bits per heavy atom. The van der Waals surface area contributed by atoms with E-state index < -0.39 is 0 Å². The molecule has 0 aromatic heterocycles. The minimum Gasteiger partial charge on any atom is -0.496 e. The van der Waals surface area contributed by atoms with Gasteiger partial charge in [-0.15, -0.1) is 0 Å². The molecule has 2 nitrogen and oxygen atoms in total. The Labute approximate surface area is 71.9 Å². The molecule has 1 aromatic rings. The smallest absolute Gasteiger partial charge is 0.154 e. The number of para-hydroxylation sites is 1. The Balaban J connectivity index is 2.99. The summed E-state index contributed by atoms with van der Waals surface area (Å²) in [6.45, 7) is 6.58. The van der Waals surface area contributed by atoms with Crippen LogP contribution in [-0.2, 0) is 0 Å². The Morgan fingerprint density at radius 3 is 2.83 bits per heavy atom. The van der Waals surface area contributed by atoms with E-state index in [1.807, 2.05) is 24.3 Å². The van der Waals surface area contributed by atoms with E-state index in [4.69, 9.17) is 11.3 Å². The Hall–Kier alpha value is -1.75. The average Bonchev–Trinajstić information content (AvgIpc) is 2.15. The molecule has 1 rings (SSSR count). The summed E-state index contributed by atoms with van der Waals surface area (Å²) >= 11 is 0. The molecule has 0 bridgehead atoms. The summed E-state index contributed by atoms with van der Waals surface area (Å²) in [5.74, 6) is 0.789. The molecule has 12 heavy (non-hydrogen) atoms. The summed E-state index contributed by atoms with van der Waals surface area (Å²) in [6.07, 6.45) is 3.14. The lowest BCUT2D eigenvalue weighted by molar-refractivity contribution is 0.414. The van der Waals surface area contributed by atoms with Gasteiger partial charge in [0.15, 0.2) is 6.20 Å². The molecule has 0 aliphatic rings. The van der Waals surface area contributed by atoms with E-state index in [1.165, 1.54) is 6.20 Å². The molecule has 0 saturated heterocycles. The van der Waals surface area contributed by atoms with Crippen LogP contribution >= 0.6 is 0 Å². The van der Waals surface area contributed by atoms with Crippen LogP contribution in [-0.4, -0.2) is 7.11 Å². The van der Waals surface area contributed by atoms with Gasteiger partial charge in [0.2, 0.25) is 0 Å². The molecule has 0 unspecified atom stereocenters. The summed E-state index contributed by atoms with van der Waals surface area (Å²) in [5, 5.41) is 0. The van der Waals surface area contributed by atoms with Crippen molar-refractivity contribution in [3.8, 4) is 5.75 Å². The minimum absolute atomic E-state index is 0.789. The number of benzene rings is 1. The molecule has 0 aliphatic heterocycles. The van der Waals surface area contributed by atoms with Crippen LogP contribution in [0.25, 0.3) is 10.9 Å². The second-order valence-corrected chi connectivity index (χ2v) is 2.19. The first kappa shape index (κ1) is 8.35. The van der Waals surface area contributed by atoms with Gasteiger partial charge < -0.3 is 4.74 Å². The van der Waals surface area contributed by atoms with E-state index in [2.05, 4.69) is 4.85 Å². The highest BCUT2D eigenvalue weighted by atomic mass is 16.5. The number of nitrogens with zero attached hydrogens (tertiary/aromatic N) is 1. The van der Waals surface area contributed by atoms with E-state index in [0.29, 0.717) is 0 Å². The quantitative estimate of drug-likeness (QED) is 0.605. The number of methoxy groups -OCH3 is 1. The molecule has 0 heterocycles. The molecule has 0 fully saturated rings. The molecule has 1 aromatic carbocycles. The van der Waals surface area contributed by atoms with Gasteiger partial charge in [-0.05, 0) is 6.07 Å². The second kappa shape index (κ2) is 4.20. The molecule has 60 valence electrons. The van der Waals surface area contributed by atoms with Crippen molar-refractivity contribution >= 4 is 6.08 Å². The molecule has 0 saturated carbocycles. The van der Waals surface area contributed by atoms with Crippen molar-refractivity contribution in [3.05, 3.63) is 47.4 Å². The largest absolute Gasteiger partial charge is 0.496 e. The Kier molecular flexibility index (Phi) is 2.92. The highest BCUT2D eigenvalue weighted by Crippen LogP contribution is 2.18. The summed E-state index contributed by atoms with van der Waals surface area (Å²) in [6, 6.07) is 7.57. The molecule has 0 N–H and O–H groups in total. The van der Waals surface area contributed by atoms with E-state index in [1.54, 1.807) is 13.2 Å². The fourth-order valence-electron chi connectivity index (χ4n) is 0.922. The third-order valence-corrected chi connectivity index (χ3v) is 1.47. The fourth-order valence-corrected chi connectivity index (χ4v) is 0.922. The van der Waals surface area contributed by atoms with Crippen LogP contribution in [0.5, 0.6) is 5.75 Å². The maximum absolute atomic E-state index is 6.58. The molecule has 0 spiro atoms. The third kappa shape index (κ3) is 1.86. The van der Waals surface area contributed by atoms with Gasteiger partial charge in [-0.3, -0.25) is 0 Å². The summed E-state index contributed by atoms with van der Waals surface area (Å²) < 4.78 is 5.09. The summed E-state index contributed by atoms with van der Waals surface area (Å²) in [5.41, 5.74) is 0.927. The van der Waals surface area contributed by atoms with Crippen LogP contribution in [0.2, 0.25) is 0 Å². The Morgan fingerprint density at radius 1 is 1.42 bits per heavy atom. The molecule has 0 aliphatic carbocycles. The number of ether oxygens (including phenoxy) is 1. The van der Waals surface area contributed by atoms with Crippen molar-refractivity contribution in [2.45, 2.75) is 0 Å². The topological polar surface area (TPSA) is 13.6 Å². The lowest BCUT2D eigenvalue weighted by Gasteiger charge is -2.02. The van der Waals surface area contributed by atoms with Crippen molar-refractivity contribution in [3.63, 3.8) is 0 Å². The lowest BCUT2D eigenvalue weighted by Crippen LogP contribution is -1.84. The predicted molar refractivity (Wildman–Crippen MR) is 48.6 cm³/mol. The summed E-state index contributed by atoms with van der Waals surface area (Å²) in [7, 11) is 1.62. The fraction of sp³-hybridized carbons (Fsp3) is 0.100. The molecular weight excluding hydrogens is 150 g/mol. The minimum atomic E-state index is 0.789. The summed E-state index contributed by atoms with van der Waals surface area (Å²) in [4.78, 5) is 3.12. The van der Waals surface area contributed by atoms with Gasteiger partial charge in [0, 0.05) is 5.56 Å². The number of rotatable bonds is 2. The van der Waals surface area contributed by atoms with Gasteiger partial charge in [0.1, 0.15) is 5.75 Å². The SMILES string of the molecule is [C-]#[N+]/C=C/c1ccccc1OC. The van der Waals surface area contributed by atoms with Gasteiger partial charge in [-0.1, -0.05) is 24.3 Å². The molecule has 0 amide bonds. The van der Waals surface area contributed by atoms with Gasteiger partial charge in [0.25, 0.3) is 0 Å². The van der Waals surface area contributed by atoms with E-state index >= 15 is 0 Å². The van der Waals surface area contributed by atoms with Crippen LogP contribution in [0.15, 0.2) is 30.5 Å². The molecule has 2 heteroatoms. The first-order valence-electron chi connectivity index (χ1n) is 3.54. The molecular formula is C10H9NO. The van der Waals surface area contributed by atoms with Crippen molar-refractivity contribution < 1.29 is 4.74 Å². The lowest BCUT2D eigenvalue weighted by atomic mass is 10.2. The first-order chi connectivity index (χ1) is 5.88. The average molecular weight is 159 g/mol. The standard InChI is InChI=1S/C10H9NO/c1-11-8-7-9-5-3-4-6-10(9)12-2/h3-8H,2H3/b8-7+. The maximum Gasteiger partial charge on any atom is 0.154 e. The van der Waals surface area contributed by atoms with E-state index in [-0.39, 0.29) is 0 Å². The van der Waals surface area contributed by atoms with Crippen molar-refractivity contribution in [1.82, 2.24) is 0 Å². The zero-order valence-electron chi connectivity index (χ0n) is 6.82. The van der Waals surface area contributed by atoms with E-state index in [9.17, 15) is 0 Å². The second-order valence-electron chi connectivity index (χ2n) is 2.19. The first-order valence-corrected chi connectivity index (χ1v) is 3.54. The monoisotopic (exact) mass is 159 g/mol. The van der Waals surface area contributed by atoms with Crippen LogP contribution < -0.4 is 4.74 Å². The van der Waals surface area contributed by atoms with Crippen LogP contribution in [0.4, 0.5) is 0 Å². The van der Waals surface area contributed by atoms with Crippen molar-refractivity contribution in [2.75, 3.05) is 7.11 Å². The van der Waals surface area contributed by atoms with Gasteiger partial charge in [0.05, 0.1) is 13.7 Å². The van der Waals surface area contributed by atoms with Crippen LogP contribution in [0.3, 0.4) is 0 Å². The highest BCUT2D eigenvalue weighted by Gasteiger charge is 1.94. The molecule has 0 radical (unpaired) electrons. The van der Waals surface area contributed by atoms with Gasteiger partial charge in [-0.2, -0.15) is 0 Å². The van der Waals surface area contributed by atoms with E-state index in [0.717, 1.165) is 11.3 Å². The zero-order chi connectivity index (χ0) is 8.81. The zero-order valence-corrected chi connectivity index (χ0v) is 6.82.